The summed E-state index contributed by atoms with van der Waals surface area (Å²) in [6.45, 7) is 2.45. The van der Waals surface area contributed by atoms with E-state index in [4.69, 9.17) is 10.5 Å². The van der Waals surface area contributed by atoms with Gasteiger partial charge in [0.25, 0.3) is 5.91 Å². The zero-order valence-electron chi connectivity index (χ0n) is 11.5. The Morgan fingerprint density at radius 2 is 2.35 bits per heavy atom. The van der Waals surface area contributed by atoms with Gasteiger partial charge in [-0.15, -0.1) is 0 Å². The molecule has 1 aliphatic heterocycles. The molecule has 0 spiro atoms. The van der Waals surface area contributed by atoms with E-state index in [1.54, 1.807) is 29.9 Å². The van der Waals surface area contributed by atoms with Crippen molar-refractivity contribution in [3.05, 3.63) is 24.0 Å². The number of aromatic nitrogens is 1. The van der Waals surface area contributed by atoms with E-state index in [1.165, 1.54) is 0 Å². The van der Waals surface area contributed by atoms with E-state index in [0.29, 0.717) is 31.9 Å². The molecule has 1 atom stereocenters. The summed E-state index contributed by atoms with van der Waals surface area (Å²) in [4.78, 5) is 25.7. The molecule has 1 aliphatic rings. The molecule has 1 fully saturated rings. The van der Waals surface area contributed by atoms with Crippen LogP contribution in [0, 0.1) is 0 Å². The number of nitrogens with two attached hydrogens (primary N) is 1. The Hall–Kier alpha value is -1.70. The standard InChI is InChI=1S/C13H20N4O3/c1-16-4-2-3-11(16)13(19)15-12(18)9-17-5-6-20-10(7-14)8-17/h2-4,10H,5-9,14H2,1H3,(H,15,18,19). The van der Waals surface area contributed by atoms with Crippen molar-refractivity contribution >= 4 is 11.8 Å². The molecule has 0 radical (unpaired) electrons. The topological polar surface area (TPSA) is 89.6 Å². The lowest BCUT2D eigenvalue weighted by Crippen LogP contribution is -2.49. The first-order valence-electron chi connectivity index (χ1n) is 6.59. The number of ether oxygens (including phenoxy) is 1. The molecule has 1 saturated heterocycles. The van der Waals surface area contributed by atoms with Crippen molar-refractivity contribution in [2.45, 2.75) is 6.10 Å². The number of rotatable bonds is 4. The minimum atomic E-state index is -0.383. The van der Waals surface area contributed by atoms with E-state index in [9.17, 15) is 9.59 Å². The van der Waals surface area contributed by atoms with Crippen LogP contribution in [0.15, 0.2) is 18.3 Å². The molecule has 1 aromatic rings. The number of morpholine rings is 1. The first kappa shape index (κ1) is 14.7. The first-order valence-corrected chi connectivity index (χ1v) is 6.59. The van der Waals surface area contributed by atoms with E-state index >= 15 is 0 Å². The Labute approximate surface area is 117 Å². The predicted molar refractivity (Wildman–Crippen MR) is 73.1 cm³/mol. The summed E-state index contributed by atoms with van der Waals surface area (Å²) in [5.41, 5.74) is 6.01. The van der Waals surface area contributed by atoms with Crippen molar-refractivity contribution in [1.82, 2.24) is 14.8 Å². The minimum absolute atomic E-state index is 0.0416. The van der Waals surface area contributed by atoms with Crippen molar-refractivity contribution in [3.8, 4) is 0 Å². The molecule has 3 N–H and O–H groups in total. The second-order valence-corrected chi connectivity index (χ2v) is 4.85. The van der Waals surface area contributed by atoms with E-state index in [-0.39, 0.29) is 24.5 Å². The number of imide groups is 1. The van der Waals surface area contributed by atoms with Crippen LogP contribution in [-0.4, -0.2) is 60.2 Å². The Morgan fingerprint density at radius 3 is 3.00 bits per heavy atom. The molecule has 1 unspecified atom stereocenters. The Balaban J connectivity index is 1.83. The summed E-state index contributed by atoms with van der Waals surface area (Å²) >= 11 is 0. The van der Waals surface area contributed by atoms with Crippen molar-refractivity contribution in [2.75, 3.05) is 32.8 Å². The fourth-order valence-corrected chi connectivity index (χ4v) is 2.20. The van der Waals surface area contributed by atoms with E-state index in [1.807, 2.05) is 4.90 Å². The number of nitrogens with one attached hydrogen (secondary N) is 1. The third kappa shape index (κ3) is 3.66. The molecule has 20 heavy (non-hydrogen) atoms. The Bertz CT molecular complexity index is 486. The second kappa shape index (κ2) is 6.65. The van der Waals surface area contributed by atoms with Crippen molar-refractivity contribution in [1.29, 1.82) is 0 Å². The zero-order valence-corrected chi connectivity index (χ0v) is 11.5. The molecule has 7 nitrogen and oxygen atoms in total. The van der Waals surface area contributed by atoms with Crippen LogP contribution in [0.1, 0.15) is 10.5 Å². The molecule has 110 valence electrons. The van der Waals surface area contributed by atoms with E-state index in [2.05, 4.69) is 5.32 Å². The van der Waals surface area contributed by atoms with Gasteiger partial charge in [-0.3, -0.25) is 19.8 Å². The van der Waals surface area contributed by atoms with Gasteiger partial charge in [0, 0.05) is 32.9 Å². The van der Waals surface area contributed by atoms with Gasteiger partial charge in [-0.25, -0.2) is 0 Å². The number of carbonyl (C=O) groups excluding carboxylic acids is 2. The van der Waals surface area contributed by atoms with Crippen LogP contribution >= 0.6 is 0 Å². The van der Waals surface area contributed by atoms with Gasteiger partial charge in [0.2, 0.25) is 5.91 Å². The number of nitrogens with zero attached hydrogens (tertiary/aromatic N) is 2. The maximum absolute atomic E-state index is 11.9. The fraction of sp³-hybridized carbons (Fsp3) is 0.538. The number of hydrogen-bond donors (Lipinski definition) is 2. The largest absolute Gasteiger partial charge is 0.374 e. The Kier molecular flexibility index (Phi) is 4.89. The highest BCUT2D eigenvalue weighted by molar-refractivity contribution is 6.04. The van der Waals surface area contributed by atoms with Gasteiger partial charge < -0.3 is 15.0 Å². The number of hydrogen-bond acceptors (Lipinski definition) is 5. The summed E-state index contributed by atoms with van der Waals surface area (Å²) in [7, 11) is 1.76. The van der Waals surface area contributed by atoms with Gasteiger partial charge in [-0.1, -0.05) is 0 Å². The lowest BCUT2D eigenvalue weighted by molar-refractivity contribution is -0.123. The van der Waals surface area contributed by atoms with Crippen LogP contribution in [0.4, 0.5) is 0 Å². The Morgan fingerprint density at radius 1 is 1.55 bits per heavy atom. The third-order valence-corrected chi connectivity index (χ3v) is 3.28. The van der Waals surface area contributed by atoms with Crippen LogP contribution in [0.2, 0.25) is 0 Å². The lowest BCUT2D eigenvalue weighted by Gasteiger charge is -2.31. The average molecular weight is 280 g/mol. The second-order valence-electron chi connectivity index (χ2n) is 4.85. The average Bonchev–Trinajstić information content (AvgIpc) is 2.85. The van der Waals surface area contributed by atoms with Gasteiger partial charge >= 0.3 is 0 Å². The van der Waals surface area contributed by atoms with Gasteiger partial charge in [-0.05, 0) is 12.1 Å². The molecular weight excluding hydrogens is 260 g/mol. The number of carbonyl (C=O) groups is 2. The lowest BCUT2D eigenvalue weighted by atomic mass is 10.2. The molecule has 2 heterocycles. The maximum atomic E-state index is 11.9. The summed E-state index contributed by atoms with van der Waals surface area (Å²) in [6.07, 6.45) is 1.72. The van der Waals surface area contributed by atoms with Gasteiger partial charge in [0.05, 0.1) is 19.3 Å². The molecule has 0 aliphatic carbocycles. The van der Waals surface area contributed by atoms with Crippen LogP contribution in [0.5, 0.6) is 0 Å². The third-order valence-electron chi connectivity index (χ3n) is 3.28. The highest BCUT2D eigenvalue weighted by Gasteiger charge is 2.22. The van der Waals surface area contributed by atoms with Crippen molar-refractivity contribution in [3.63, 3.8) is 0 Å². The monoisotopic (exact) mass is 280 g/mol. The summed E-state index contributed by atoms with van der Waals surface area (Å²) in [6, 6.07) is 3.43. The van der Waals surface area contributed by atoms with Crippen LogP contribution in [0.25, 0.3) is 0 Å². The molecule has 2 amide bonds. The van der Waals surface area contributed by atoms with Crippen molar-refractivity contribution in [2.24, 2.45) is 12.8 Å². The van der Waals surface area contributed by atoms with Gasteiger partial charge in [0.15, 0.2) is 0 Å². The normalized spacial score (nSPS) is 19.8. The summed E-state index contributed by atoms with van der Waals surface area (Å²) in [5, 5.41) is 2.39. The molecule has 1 aromatic heterocycles. The van der Waals surface area contributed by atoms with Gasteiger partial charge in [0.1, 0.15) is 5.69 Å². The molecule has 0 bridgehead atoms. The highest BCUT2D eigenvalue weighted by atomic mass is 16.5. The van der Waals surface area contributed by atoms with E-state index < -0.39 is 0 Å². The SMILES string of the molecule is Cn1cccc1C(=O)NC(=O)CN1CCOC(CN)C1. The smallest absolute Gasteiger partial charge is 0.274 e. The molecule has 7 heteroatoms. The summed E-state index contributed by atoms with van der Waals surface area (Å²) in [5.74, 6) is -0.694. The molecule has 2 rings (SSSR count). The molecule has 0 saturated carbocycles. The molecule has 0 aromatic carbocycles. The maximum Gasteiger partial charge on any atom is 0.274 e. The fourth-order valence-electron chi connectivity index (χ4n) is 2.20. The quantitative estimate of drug-likeness (QED) is 0.734. The minimum Gasteiger partial charge on any atom is -0.374 e. The zero-order chi connectivity index (χ0) is 14.5. The molecular formula is C13H20N4O3. The highest BCUT2D eigenvalue weighted by Crippen LogP contribution is 2.04. The number of amides is 2. The predicted octanol–water partition coefficient (Wildman–Crippen LogP) is -1.06. The first-order chi connectivity index (χ1) is 9.60. The van der Waals surface area contributed by atoms with Crippen LogP contribution in [0.3, 0.4) is 0 Å². The van der Waals surface area contributed by atoms with Gasteiger partial charge in [-0.2, -0.15) is 0 Å². The number of aryl methyl sites for hydroxylation is 1. The van der Waals surface area contributed by atoms with Crippen LogP contribution < -0.4 is 11.1 Å². The summed E-state index contributed by atoms with van der Waals surface area (Å²) < 4.78 is 7.09. The van der Waals surface area contributed by atoms with Crippen LogP contribution in [-0.2, 0) is 16.6 Å². The van der Waals surface area contributed by atoms with E-state index in [0.717, 1.165) is 0 Å². The van der Waals surface area contributed by atoms with Crippen molar-refractivity contribution < 1.29 is 14.3 Å².